The van der Waals surface area contributed by atoms with Crippen molar-refractivity contribution in [2.45, 2.75) is 20.3 Å². The third-order valence-electron chi connectivity index (χ3n) is 3.37. The molecule has 0 aliphatic rings. The summed E-state index contributed by atoms with van der Waals surface area (Å²) in [7, 11) is 1.74. The smallest absolute Gasteiger partial charge is 0.356 e. The van der Waals surface area contributed by atoms with E-state index in [9.17, 15) is 4.79 Å². The largest absolute Gasteiger partial charge is 0.493 e. The molecule has 1 N–H and O–H groups in total. The van der Waals surface area contributed by atoms with Gasteiger partial charge in [0.2, 0.25) is 0 Å². The highest BCUT2D eigenvalue weighted by Gasteiger charge is 2.11. The molecular weight excluding hydrogens is 256 g/mol. The Kier molecular flexibility index (Phi) is 4.08. The normalized spacial score (nSPS) is 10.6. The molecule has 0 atom stereocenters. The number of carboxylic acid groups (broad SMARTS) is 1. The number of hydrogen-bond acceptors (Lipinski definition) is 3. The lowest BCUT2D eigenvalue weighted by Crippen LogP contribution is -2.06. The van der Waals surface area contributed by atoms with Crippen LogP contribution in [0, 0.1) is 13.8 Å². The van der Waals surface area contributed by atoms with Crippen molar-refractivity contribution in [3.8, 4) is 5.75 Å². The molecule has 0 unspecified atom stereocenters. The summed E-state index contributed by atoms with van der Waals surface area (Å²) >= 11 is 0. The third-order valence-corrected chi connectivity index (χ3v) is 3.37. The van der Waals surface area contributed by atoms with E-state index in [1.165, 1.54) is 5.56 Å². The molecule has 1 heterocycles. The van der Waals surface area contributed by atoms with Crippen LogP contribution in [0.15, 0.2) is 24.3 Å². The number of hydrogen-bond donors (Lipinski definition) is 1. The second-order valence-electron chi connectivity index (χ2n) is 4.75. The van der Waals surface area contributed by atoms with Crippen LogP contribution in [0.4, 0.5) is 0 Å². The van der Waals surface area contributed by atoms with E-state index in [1.54, 1.807) is 17.8 Å². The average molecular weight is 274 g/mol. The number of carboxylic acids is 1. The fourth-order valence-corrected chi connectivity index (χ4v) is 1.99. The first-order valence-corrected chi connectivity index (χ1v) is 6.44. The second-order valence-corrected chi connectivity index (χ2v) is 4.75. The molecule has 5 heteroatoms. The molecule has 1 aromatic heterocycles. The molecule has 1 aromatic carbocycles. The zero-order valence-corrected chi connectivity index (χ0v) is 11.9. The zero-order valence-electron chi connectivity index (χ0n) is 11.9. The van der Waals surface area contributed by atoms with Crippen LogP contribution >= 0.6 is 0 Å². The average Bonchev–Trinajstić information content (AvgIpc) is 2.76. The first kappa shape index (κ1) is 14.1. The van der Waals surface area contributed by atoms with Crippen molar-refractivity contribution in [1.29, 1.82) is 0 Å². The van der Waals surface area contributed by atoms with Gasteiger partial charge in [-0.3, -0.25) is 4.68 Å². The lowest BCUT2D eigenvalue weighted by molar-refractivity contribution is 0.0689. The number of benzene rings is 1. The number of aromatic carboxylic acids is 1. The summed E-state index contributed by atoms with van der Waals surface area (Å²) in [6.45, 7) is 4.56. The summed E-state index contributed by atoms with van der Waals surface area (Å²) in [5.74, 6) is -0.145. The number of aryl methyl sites for hydroxylation is 2. The SMILES string of the molecule is Cc1cccc(OCCc2cc(C(=O)O)nn2C)c1C. The van der Waals surface area contributed by atoms with E-state index in [2.05, 4.69) is 5.10 Å². The summed E-state index contributed by atoms with van der Waals surface area (Å²) in [5.41, 5.74) is 3.22. The highest BCUT2D eigenvalue weighted by atomic mass is 16.5. The van der Waals surface area contributed by atoms with Gasteiger partial charge in [0, 0.05) is 19.2 Å². The molecule has 0 bridgehead atoms. The van der Waals surface area contributed by atoms with Crippen LogP contribution in [0.3, 0.4) is 0 Å². The second kappa shape index (κ2) is 5.77. The van der Waals surface area contributed by atoms with Gasteiger partial charge in [0.15, 0.2) is 5.69 Å². The van der Waals surface area contributed by atoms with E-state index >= 15 is 0 Å². The summed E-state index contributed by atoms with van der Waals surface area (Å²) in [5, 5.41) is 12.8. The predicted molar refractivity (Wildman–Crippen MR) is 75.3 cm³/mol. The number of rotatable bonds is 5. The molecule has 0 aliphatic heterocycles. The van der Waals surface area contributed by atoms with Crippen LogP contribution in [-0.2, 0) is 13.5 Å². The van der Waals surface area contributed by atoms with Crippen LogP contribution in [0.5, 0.6) is 5.75 Å². The molecule has 0 saturated heterocycles. The van der Waals surface area contributed by atoms with E-state index < -0.39 is 5.97 Å². The van der Waals surface area contributed by atoms with Gasteiger partial charge in [-0.2, -0.15) is 5.10 Å². The Labute approximate surface area is 117 Å². The van der Waals surface area contributed by atoms with E-state index in [0.29, 0.717) is 13.0 Å². The summed E-state index contributed by atoms with van der Waals surface area (Å²) in [4.78, 5) is 10.8. The highest BCUT2D eigenvalue weighted by Crippen LogP contribution is 2.20. The van der Waals surface area contributed by atoms with Gasteiger partial charge in [-0.25, -0.2) is 4.79 Å². The maximum atomic E-state index is 10.8. The molecule has 106 valence electrons. The number of carbonyl (C=O) groups is 1. The minimum Gasteiger partial charge on any atom is -0.493 e. The Morgan fingerprint density at radius 3 is 2.80 bits per heavy atom. The summed E-state index contributed by atoms with van der Waals surface area (Å²) in [6.07, 6.45) is 0.615. The zero-order chi connectivity index (χ0) is 14.7. The molecule has 0 amide bonds. The van der Waals surface area contributed by atoms with E-state index in [1.807, 2.05) is 32.0 Å². The van der Waals surface area contributed by atoms with Gasteiger partial charge in [0.25, 0.3) is 0 Å². The van der Waals surface area contributed by atoms with Crippen LogP contribution < -0.4 is 4.74 Å². The maximum Gasteiger partial charge on any atom is 0.356 e. The topological polar surface area (TPSA) is 64.3 Å². The molecule has 0 aliphatic carbocycles. The fraction of sp³-hybridized carbons (Fsp3) is 0.333. The standard InChI is InChI=1S/C15H18N2O3/c1-10-5-4-6-14(11(10)2)20-8-7-12-9-13(15(18)19)16-17(12)3/h4-6,9H,7-8H2,1-3H3,(H,18,19). The van der Waals surface area contributed by atoms with E-state index in [-0.39, 0.29) is 5.69 Å². The van der Waals surface area contributed by atoms with Crippen molar-refractivity contribution in [2.75, 3.05) is 6.61 Å². The molecule has 2 rings (SSSR count). The number of nitrogens with zero attached hydrogens (tertiary/aromatic N) is 2. The third kappa shape index (κ3) is 2.99. The van der Waals surface area contributed by atoms with Crippen molar-refractivity contribution in [1.82, 2.24) is 9.78 Å². The molecule has 0 spiro atoms. The lowest BCUT2D eigenvalue weighted by atomic mass is 10.1. The molecule has 20 heavy (non-hydrogen) atoms. The van der Waals surface area contributed by atoms with Crippen LogP contribution in [0.1, 0.15) is 27.3 Å². The number of aromatic nitrogens is 2. The van der Waals surface area contributed by atoms with Gasteiger partial charge >= 0.3 is 5.97 Å². The Morgan fingerprint density at radius 2 is 2.15 bits per heavy atom. The number of ether oxygens (including phenoxy) is 1. The van der Waals surface area contributed by atoms with Gasteiger partial charge < -0.3 is 9.84 Å². The summed E-state index contributed by atoms with van der Waals surface area (Å²) < 4.78 is 7.34. The molecule has 2 aromatic rings. The summed E-state index contributed by atoms with van der Waals surface area (Å²) in [6, 6.07) is 7.52. The monoisotopic (exact) mass is 274 g/mol. The molecule has 5 nitrogen and oxygen atoms in total. The fourth-order valence-electron chi connectivity index (χ4n) is 1.99. The quantitative estimate of drug-likeness (QED) is 0.909. The predicted octanol–water partition coefficient (Wildman–Crippen LogP) is 2.36. The van der Waals surface area contributed by atoms with Gasteiger partial charge in [0.05, 0.1) is 6.61 Å². The van der Waals surface area contributed by atoms with Crippen LogP contribution in [0.2, 0.25) is 0 Å². The molecule has 0 fully saturated rings. The minimum absolute atomic E-state index is 0.0641. The van der Waals surface area contributed by atoms with Gasteiger partial charge in [-0.05, 0) is 37.1 Å². The van der Waals surface area contributed by atoms with Crippen molar-refractivity contribution < 1.29 is 14.6 Å². The van der Waals surface area contributed by atoms with Gasteiger partial charge in [-0.15, -0.1) is 0 Å². The van der Waals surface area contributed by atoms with Gasteiger partial charge in [0.1, 0.15) is 5.75 Å². The Morgan fingerprint density at radius 1 is 1.40 bits per heavy atom. The van der Waals surface area contributed by atoms with Crippen LogP contribution in [-0.4, -0.2) is 27.5 Å². The van der Waals surface area contributed by atoms with Crippen molar-refractivity contribution in [3.05, 3.63) is 46.8 Å². The van der Waals surface area contributed by atoms with Crippen molar-refractivity contribution >= 4 is 5.97 Å². The maximum absolute atomic E-state index is 10.8. The Hall–Kier alpha value is -2.30. The molecule has 0 saturated carbocycles. The first-order valence-electron chi connectivity index (χ1n) is 6.44. The Bertz CT molecular complexity index is 632. The van der Waals surface area contributed by atoms with Crippen LogP contribution in [0.25, 0.3) is 0 Å². The lowest BCUT2D eigenvalue weighted by Gasteiger charge is -2.10. The Balaban J connectivity index is 1.99. The highest BCUT2D eigenvalue weighted by molar-refractivity contribution is 5.85. The minimum atomic E-state index is -1.01. The molecule has 0 radical (unpaired) electrons. The van der Waals surface area contributed by atoms with Gasteiger partial charge in [-0.1, -0.05) is 12.1 Å². The van der Waals surface area contributed by atoms with E-state index in [4.69, 9.17) is 9.84 Å². The van der Waals surface area contributed by atoms with Crippen molar-refractivity contribution in [3.63, 3.8) is 0 Å². The van der Waals surface area contributed by atoms with E-state index in [0.717, 1.165) is 17.0 Å². The molecular formula is C15H18N2O3. The first-order chi connectivity index (χ1) is 9.49. The van der Waals surface area contributed by atoms with Crippen molar-refractivity contribution in [2.24, 2.45) is 7.05 Å².